The highest BCUT2D eigenvalue weighted by molar-refractivity contribution is 6.32. The molecule has 0 aliphatic carbocycles. The van der Waals surface area contributed by atoms with Crippen LogP contribution < -0.4 is 9.64 Å². The van der Waals surface area contributed by atoms with Crippen LogP contribution in [-0.2, 0) is 21.5 Å². The zero-order chi connectivity index (χ0) is 17.7. The molecule has 1 saturated heterocycles. The van der Waals surface area contributed by atoms with Gasteiger partial charge in [0.25, 0.3) is 5.91 Å². The molecule has 1 aromatic carbocycles. The Hall–Kier alpha value is -3.16. The fraction of sp³-hybridized carbons (Fsp3) is 0.294. The van der Waals surface area contributed by atoms with E-state index in [2.05, 4.69) is 10.3 Å². The van der Waals surface area contributed by atoms with Crippen LogP contribution >= 0.6 is 0 Å². The fourth-order valence-corrected chi connectivity index (χ4v) is 3.24. The van der Waals surface area contributed by atoms with E-state index in [9.17, 15) is 9.59 Å². The molecule has 0 bridgehead atoms. The number of aryl methyl sites for hydroxylation is 2. The summed E-state index contributed by atoms with van der Waals surface area (Å²) in [5, 5.41) is 8.26. The second-order valence-electron chi connectivity index (χ2n) is 5.99. The summed E-state index contributed by atoms with van der Waals surface area (Å²) in [6, 6.07) is 6.74. The van der Waals surface area contributed by atoms with E-state index in [1.807, 2.05) is 6.92 Å². The number of carbonyl (C=O) groups excluding carboxylic acids is 2. The molecule has 2 aliphatic rings. The Bertz CT molecular complexity index is 900. The molecule has 0 radical (unpaired) electrons. The first-order valence-electron chi connectivity index (χ1n) is 7.77. The Morgan fingerprint density at radius 2 is 1.88 bits per heavy atom. The molecule has 3 heterocycles. The van der Waals surface area contributed by atoms with Gasteiger partial charge in [-0.3, -0.25) is 14.3 Å². The number of hydrogen-bond donors (Lipinski definition) is 0. The van der Waals surface area contributed by atoms with Crippen molar-refractivity contribution in [3.63, 3.8) is 0 Å². The van der Waals surface area contributed by atoms with E-state index in [1.165, 1.54) is 0 Å². The van der Waals surface area contributed by atoms with Crippen LogP contribution in [0, 0.1) is 12.8 Å². The monoisotopic (exact) mass is 340 g/mol. The summed E-state index contributed by atoms with van der Waals surface area (Å²) in [5.74, 6) is -0.870. The van der Waals surface area contributed by atoms with Gasteiger partial charge in [-0.2, -0.15) is 5.10 Å². The number of oxime groups is 1. The SMILES string of the molecule is COc1ccc(N2C(=O)[C@H]3C(c4cn(C)nc4C)=NO[C@H]3C2=O)cc1. The first kappa shape index (κ1) is 15.4. The highest BCUT2D eigenvalue weighted by atomic mass is 16.6. The molecule has 2 atom stereocenters. The average molecular weight is 340 g/mol. The summed E-state index contributed by atoms with van der Waals surface area (Å²) in [6.45, 7) is 1.83. The Morgan fingerprint density at radius 3 is 2.48 bits per heavy atom. The molecule has 128 valence electrons. The summed E-state index contributed by atoms with van der Waals surface area (Å²) in [6.07, 6.45) is 0.845. The van der Waals surface area contributed by atoms with Crippen molar-refractivity contribution in [3.8, 4) is 5.75 Å². The van der Waals surface area contributed by atoms with E-state index in [0.717, 1.165) is 10.6 Å². The lowest BCUT2D eigenvalue weighted by molar-refractivity contribution is -0.126. The molecule has 8 heteroatoms. The van der Waals surface area contributed by atoms with Gasteiger partial charge in [0.1, 0.15) is 17.4 Å². The molecule has 2 aromatic rings. The summed E-state index contributed by atoms with van der Waals surface area (Å²) in [5.41, 5.74) is 2.38. The van der Waals surface area contributed by atoms with Crippen LogP contribution in [0.4, 0.5) is 5.69 Å². The van der Waals surface area contributed by atoms with Gasteiger partial charge in [-0.05, 0) is 31.2 Å². The van der Waals surface area contributed by atoms with Crippen molar-refractivity contribution in [1.29, 1.82) is 0 Å². The molecule has 0 N–H and O–H groups in total. The van der Waals surface area contributed by atoms with E-state index in [4.69, 9.17) is 9.57 Å². The normalized spacial score (nSPS) is 22.0. The number of rotatable bonds is 3. The number of ether oxygens (including phenoxy) is 1. The maximum Gasteiger partial charge on any atom is 0.278 e. The quantitative estimate of drug-likeness (QED) is 0.779. The highest BCUT2D eigenvalue weighted by Crippen LogP contribution is 2.36. The summed E-state index contributed by atoms with van der Waals surface area (Å²) in [4.78, 5) is 32.1. The summed E-state index contributed by atoms with van der Waals surface area (Å²) >= 11 is 0. The number of imide groups is 1. The number of fused-ring (bicyclic) bond motifs is 1. The molecule has 0 saturated carbocycles. The molecular weight excluding hydrogens is 324 g/mol. The standard InChI is InChI=1S/C17H16N4O4/c1-9-12(8-20(2)18-9)14-13-15(25-19-14)17(23)21(16(13)22)10-4-6-11(24-3)7-5-10/h4-8,13,15H,1-3H3/t13-,15+/m0/s1. The van der Waals surface area contributed by atoms with Crippen molar-refractivity contribution in [2.24, 2.45) is 18.1 Å². The Morgan fingerprint density at radius 1 is 1.16 bits per heavy atom. The maximum absolute atomic E-state index is 12.9. The predicted molar refractivity (Wildman–Crippen MR) is 88.3 cm³/mol. The topological polar surface area (TPSA) is 86.0 Å². The Balaban J connectivity index is 1.69. The lowest BCUT2D eigenvalue weighted by atomic mass is 9.94. The molecule has 1 fully saturated rings. The van der Waals surface area contributed by atoms with Crippen molar-refractivity contribution in [2.75, 3.05) is 12.0 Å². The largest absolute Gasteiger partial charge is 0.497 e. The third-order valence-electron chi connectivity index (χ3n) is 4.43. The van der Waals surface area contributed by atoms with Gasteiger partial charge in [0.15, 0.2) is 0 Å². The highest BCUT2D eigenvalue weighted by Gasteiger charge is 2.56. The van der Waals surface area contributed by atoms with Crippen molar-refractivity contribution in [1.82, 2.24) is 9.78 Å². The van der Waals surface area contributed by atoms with Crippen LogP contribution in [0.15, 0.2) is 35.6 Å². The van der Waals surface area contributed by atoms with Gasteiger partial charge in [0.05, 0.1) is 18.5 Å². The predicted octanol–water partition coefficient (Wildman–Crippen LogP) is 1.03. The number of benzene rings is 1. The lowest BCUT2D eigenvalue weighted by Crippen LogP contribution is -2.33. The van der Waals surface area contributed by atoms with E-state index in [-0.39, 0.29) is 5.91 Å². The minimum absolute atomic E-state index is 0.348. The van der Waals surface area contributed by atoms with Crippen LogP contribution in [-0.4, -0.2) is 40.5 Å². The van der Waals surface area contributed by atoms with Gasteiger partial charge in [0.2, 0.25) is 12.0 Å². The molecule has 25 heavy (non-hydrogen) atoms. The minimum atomic E-state index is -0.927. The third kappa shape index (κ3) is 2.21. The molecule has 2 amide bonds. The zero-order valence-corrected chi connectivity index (χ0v) is 14.0. The molecule has 0 unspecified atom stereocenters. The molecule has 2 aliphatic heterocycles. The maximum atomic E-state index is 12.9. The summed E-state index contributed by atoms with van der Waals surface area (Å²) < 4.78 is 6.75. The second kappa shape index (κ2) is 5.44. The van der Waals surface area contributed by atoms with Crippen LogP contribution in [0.25, 0.3) is 0 Å². The summed E-state index contributed by atoms with van der Waals surface area (Å²) in [7, 11) is 3.34. The molecular formula is C17H16N4O4. The van der Waals surface area contributed by atoms with Crippen LogP contribution in [0.1, 0.15) is 11.3 Å². The van der Waals surface area contributed by atoms with Gasteiger partial charge in [-0.25, -0.2) is 4.90 Å². The van der Waals surface area contributed by atoms with E-state index >= 15 is 0 Å². The zero-order valence-electron chi connectivity index (χ0n) is 14.0. The molecule has 1 aromatic heterocycles. The van der Waals surface area contributed by atoms with Crippen molar-refractivity contribution in [3.05, 3.63) is 41.7 Å². The van der Waals surface area contributed by atoms with Crippen molar-refractivity contribution in [2.45, 2.75) is 13.0 Å². The number of anilines is 1. The van der Waals surface area contributed by atoms with E-state index < -0.39 is 17.9 Å². The number of nitrogens with zero attached hydrogens (tertiary/aromatic N) is 4. The molecule has 0 spiro atoms. The Labute approximate surface area is 143 Å². The lowest BCUT2D eigenvalue weighted by Gasteiger charge is -2.15. The minimum Gasteiger partial charge on any atom is -0.497 e. The van der Waals surface area contributed by atoms with Gasteiger partial charge >= 0.3 is 0 Å². The fourth-order valence-electron chi connectivity index (χ4n) is 3.24. The number of methoxy groups -OCH3 is 1. The first-order valence-corrected chi connectivity index (χ1v) is 7.77. The van der Waals surface area contributed by atoms with Crippen LogP contribution in [0.2, 0.25) is 0 Å². The number of carbonyl (C=O) groups is 2. The van der Waals surface area contributed by atoms with Crippen LogP contribution in [0.3, 0.4) is 0 Å². The third-order valence-corrected chi connectivity index (χ3v) is 4.43. The van der Waals surface area contributed by atoms with Crippen LogP contribution in [0.5, 0.6) is 5.75 Å². The smallest absolute Gasteiger partial charge is 0.278 e. The molecule has 4 rings (SSSR count). The molecule has 8 nitrogen and oxygen atoms in total. The van der Waals surface area contributed by atoms with Gasteiger partial charge < -0.3 is 9.57 Å². The average Bonchev–Trinajstić information content (AvgIpc) is 3.24. The van der Waals surface area contributed by atoms with E-state index in [0.29, 0.717) is 22.7 Å². The second-order valence-corrected chi connectivity index (χ2v) is 5.99. The van der Waals surface area contributed by atoms with Crippen molar-refractivity contribution >= 4 is 23.2 Å². The number of hydrogen-bond acceptors (Lipinski definition) is 6. The van der Waals surface area contributed by atoms with Crippen molar-refractivity contribution < 1.29 is 19.2 Å². The van der Waals surface area contributed by atoms with Gasteiger partial charge in [-0.15, -0.1) is 0 Å². The number of amides is 2. The van der Waals surface area contributed by atoms with E-state index in [1.54, 1.807) is 49.3 Å². The number of aromatic nitrogens is 2. The van der Waals surface area contributed by atoms with Gasteiger partial charge in [0, 0.05) is 18.8 Å². The Kier molecular flexibility index (Phi) is 3.34. The van der Waals surface area contributed by atoms with Gasteiger partial charge in [-0.1, -0.05) is 5.16 Å². The first-order chi connectivity index (χ1) is 12.0.